The minimum Gasteiger partial charge on any atom is -0.456 e. The maximum atomic E-state index is 6.16. The molecule has 0 aliphatic carbocycles. The van der Waals surface area contributed by atoms with E-state index in [9.17, 15) is 0 Å². The molecule has 384 valence electrons. The van der Waals surface area contributed by atoms with Gasteiger partial charge in [0.05, 0.1) is 0 Å². The molecule has 0 fully saturated rings. The molecular formula is C82H50O. The van der Waals surface area contributed by atoms with E-state index in [1.54, 1.807) is 0 Å². The monoisotopic (exact) mass is 1050 g/mol. The van der Waals surface area contributed by atoms with Gasteiger partial charge in [-0.25, -0.2) is 0 Å². The van der Waals surface area contributed by atoms with Gasteiger partial charge in [-0.15, -0.1) is 0 Å². The third kappa shape index (κ3) is 7.63. The van der Waals surface area contributed by atoms with Gasteiger partial charge in [0.25, 0.3) is 0 Å². The Morgan fingerprint density at radius 2 is 0.554 bits per heavy atom. The second kappa shape index (κ2) is 18.9. The maximum Gasteiger partial charge on any atom is 0.135 e. The lowest BCUT2D eigenvalue weighted by Crippen LogP contribution is -1.91. The van der Waals surface area contributed by atoms with Gasteiger partial charge in [-0.1, -0.05) is 273 Å². The quantitative estimate of drug-likeness (QED) is 0.119. The van der Waals surface area contributed by atoms with Crippen molar-refractivity contribution in [1.29, 1.82) is 0 Å². The van der Waals surface area contributed by atoms with Gasteiger partial charge in [-0.05, 0) is 183 Å². The second-order valence-corrected chi connectivity index (χ2v) is 22.2. The molecule has 0 spiro atoms. The maximum absolute atomic E-state index is 6.16. The molecule has 0 amide bonds. The molecule has 1 nitrogen and oxygen atoms in total. The van der Waals surface area contributed by atoms with E-state index in [1.165, 1.54) is 153 Å². The van der Waals surface area contributed by atoms with Crippen molar-refractivity contribution < 1.29 is 4.42 Å². The van der Waals surface area contributed by atoms with Crippen LogP contribution >= 0.6 is 0 Å². The molecule has 0 saturated carbocycles. The van der Waals surface area contributed by atoms with Crippen LogP contribution in [-0.2, 0) is 0 Å². The Balaban J connectivity index is 0.000000132. The van der Waals surface area contributed by atoms with Crippen molar-refractivity contribution in [3.8, 4) is 66.8 Å². The van der Waals surface area contributed by atoms with Gasteiger partial charge in [-0.2, -0.15) is 0 Å². The molecule has 0 radical (unpaired) electrons. The van der Waals surface area contributed by atoms with E-state index in [1.807, 2.05) is 12.1 Å². The average Bonchev–Trinajstić information content (AvgIpc) is 3.83. The minimum absolute atomic E-state index is 0.917. The van der Waals surface area contributed by atoms with E-state index in [0.717, 1.165) is 21.9 Å². The molecule has 0 bridgehead atoms. The highest BCUT2D eigenvalue weighted by Gasteiger charge is 2.20. The summed E-state index contributed by atoms with van der Waals surface area (Å²) in [6, 6.07) is 111. The normalized spacial score (nSPS) is 11.9. The predicted molar refractivity (Wildman–Crippen MR) is 355 cm³/mol. The van der Waals surface area contributed by atoms with Crippen LogP contribution in [0.3, 0.4) is 0 Å². The Labute approximate surface area is 479 Å². The summed E-state index contributed by atoms with van der Waals surface area (Å²) in [6.07, 6.45) is 0. The third-order valence-electron chi connectivity index (χ3n) is 17.6. The van der Waals surface area contributed by atoms with Crippen molar-refractivity contribution in [2.24, 2.45) is 0 Å². The molecule has 1 aromatic heterocycles. The first-order valence-electron chi connectivity index (χ1n) is 28.7. The van der Waals surface area contributed by atoms with Gasteiger partial charge >= 0.3 is 0 Å². The second-order valence-electron chi connectivity index (χ2n) is 22.2. The molecule has 0 unspecified atom stereocenters. The van der Waals surface area contributed by atoms with E-state index in [4.69, 9.17) is 4.42 Å². The van der Waals surface area contributed by atoms with Gasteiger partial charge < -0.3 is 4.42 Å². The number of hydrogen-bond acceptors (Lipinski definition) is 1. The first kappa shape index (κ1) is 47.0. The molecule has 17 aromatic carbocycles. The summed E-state index contributed by atoms with van der Waals surface area (Å²) in [7, 11) is 0. The van der Waals surface area contributed by atoms with Gasteiger partial charge in [-0.3, -0.25) is 0 Å². The van der Waals surface area contributed by atoms with E-state index in [0.29, 0.717) is 0 Å². The van der Waals surface area contributed by atoms with Gasteiger partial charge in [0.1, 0.15) is 11.2 Å². The molecule has 18 rings (SSSR count). The van der Waals surface area contributed by atoms with Crippen molar-refractivity contribution in [3.63, 3.8) is 0 Å². The zero-order valence-corrected chi connectivity index (χ0v) is 45.3. The molecule has 83 heavy (non-hydrogen) atoms. The highest BCUT2D eigenvalue weighted by Crippen LogP contribution is 2.47. The van der Waals surface area contributed by atoms with Crippen molar-refractivity contribution in [2.45, 2.75) is 0 Å². The topological polar surface area (TPSA) is 13.1 Å². The fraction of sp³-hybridized carbons (Fsp3) is 0. The number of fused-ring (bicyclic) bond motifs is 5. The lowest BCUT2D eigenvalue weighted by atomic mass is 9.84. The zero-order valence-electron chi connectivity index (χ0n) is 45.3. The Bertz CT molecular complexity index is 5500. The van der Waals surface area contributed by atoms with Crippen LogP contribution in [0.1, 0.15) is 0 Å². The van der Waals surface area contributed by atoms with Crippen LogP contribution in [-0.4, -0.2) is 0 Å². The van der Waals surface area contributed by atoms with Gasteiger partial charge in [0.15, 0.2) is 0 Å². The van der Waals surface area contributed by atoms with Crippen LogP contribution < -0.4 is 0 Å². The SMILES string of the molecule is c1cc(-c2ccc(-c3ccc4ccc5cccc6ccc3c4c56)cc2)cc(-c2ccc3ccc4cccc5ccc2c3c45)c1.c1ccc(-c2ccc3c(-c4ccc5oc6ccccc6c5c4)c4ccccc4c(-c4ccccc4)c3c2)cc1. The number of hydrogen-bond donors (Lipinski definition) is 0. The lowest BCUT2D eigenvalue weighted by molar-refractivity contribution is 0.669. The fourth-order valence-corrected chi connectivity index (χ4v) is 13.8. The predicted octanol–water partition coefficient (Wildman–Crippen LogP) is 23.4. The molecule has 0 aliphatic heterocycles. The summed E-state index contributed by atoms with van der Waals surface area (Å²) in [5, 5.41) is 23.2. The number of para-hydroxylation sites is 1. The molecule has 1 heterocycles. The number of furan rings is 1. The first-order chi connectivity index (χ1) is 41.1. The molecule has 1 heteroatoms. The number of rotatable bonds is 6. The highest BCUT2D eigenvalue weighted by atomic mass is 16.3. The summed E-state index contributed by atoms with van der Waals surface area (Å²) in [5.74, 6) is 0. The van der Waals surface area contributed by atoms with E-state index in [2.05, 4.69) is 291 Å². The summed E-state index contributed by atoms with van der Waals surface area (Å²) >= 11 is 0. The molecule has 0 saturated heterocycles. The van der Waals surface area contributed by atoms with E-state index in [-0.39, 0.29) is 0 Å². The van der Waals surface area contributed by atoms with Crippen LogP contribution in [0.15, 0.2) is 308 Å². The summed E-state index contributed by atoms with van der Waals surface area (Å²) in [6.45, 7) is 0. The third-order valence-corrected chi connectivity index (χ3v) is 17.6. The van der Waals surface area contributed by atoms with E-state index >= 15 is 0 Å². The summed E-state index contributed by atoms with van der Waals surface area (Å²) in [5.41, 5.74) is 16.8. The van der Waals surface area contributed by atoms with Crippen LogP contribution in [0.2, 0.25) is 0 Å². The standard InChI is InChI=1S/C44H26.C38H24O/c1-4-29-14-16-33-18-22-37(39-24-20-31(6-1)41(29)43(33)39)28-12-10-27(11-13-28)35-8-3-9-36(26-35)38-23-19-34-17-15-30-5-2-7-32-21-25-40(38)44(34)42(30)32;1-3-11-25(12-4-1)27-19-21-32-34(23-27)37(26-13-5-2-6-14-26)30-16-7-8-17-31(30)38(32)28-20-22-36-33(24-28)29-15-9-10-18-35(29)39-36/h1-26H;1-24H. The van der Waals surface area contributed by atoms with Gasteiger partial charge in [0, 0.05) is 10.8 Å². The number of benzene rings is 17. The van der Waals surface area contributed by atoms with Crippen LogP contribution in [0.25, 0.3) is 175 Å². The average molecular weight is 1050 g/mol. The van der Waals surface area contributed by atoms with Crippen molar-refractivity contribution in [3.05, 3.63) is 303 Å². The molecular weight excluding hydrogens is 1000 g/mol. The minimum atomic E-state index is 0.917. The van der Waals surface area contributed by atoms with Crippen molar-refractivity contribution in [1.82, 2.24) is 0 Å². The largest absolute Gasteiger partial charge is 0.456 e. The van der Waals surface area contributed by atoms with Crippen molar-refractivity contribution in [2.75, 3.05) is 0 Å². The highest BCUT2D eigenvalue weighted by molar-refractivity contribution is 6.27. The Kier molecular flexibility index (Phi) is 10.7. The molecule has 0 atom stereocenters. The Hall–Kier alpha value is -10.9. The van der Waals surface area contributed by atoms with Crippen LogP contribution in [0.5, 0.6) is 0 Å². The first-order valence-corrected chi connectivity index (χ1v) is 28.7. The van der Waals surface area contributed by atoms with Gasteiger partial charge in [0.2, 0.25) is 0 Å². The van der Waals surface area contributed by atoms with Crippen LogP contribution in [0.4, 0.5) is 0 Å². The smallest absolute Gasteiger partial charge is 0.135 e. The zero-order chi connectivity index (χ0) is 54.5. The van der Waals surface area contributed by atoms with E-state index < -0.39 is 0 Å². The molecule has 0 aliphatic rings. The summed E-state index contributed by atoms with van der Waals surface area (Å²) < 4.78 is 6.16. The summed E-state index contributed by atoms with van der Waals surface area (Å²) in [4.78, 5) is 0. The lowest BCUT2D eigenvalue weighted by Gasteiger charge is -2.19. The Morgan fingerprint density at radius 1 is 0.169 bits per heavy atom. The molecule has 18 aromatic rings. The van der Waals surface area contributed by atoms with Crippen molar-refractivity contribution >= 4 is 108 Å². The fourth-order valence-electron chi connectivity index (χ4n) is 13.8. The van der Waals surface area contributed by atoms with Crippen LogP contribution in [0, 0.1) is 0 Å². The molecule has 0 N–H and O–H groups in total. The Morgan fingerprint density at radius 3 is 1.19 bits per heavy atom.